The van der Waals surface area contributed by atoms with Crippen molar-refractivity contribution >= 4 is 23.5 Å². The molecule has 0 aromatic heterocycles. The summed E-state index contributed by atoms with van der Waals surface area (Å²) in [6, 6.07) is 7.03. The lowest BCUT2D eigenvalue weighted by molar-refractivity contribution is -0.154. The quantitative estimate of drug-likeness (QED) is 0.499. The van der Waals surface area contributed by atoms with Gasteiger partial charge in [-0.25, -0.2) is 4.79 Å². The molecular formula is C13H12ClNO3. The number of ether oxygens (including phenoxy) is 1. The fourth-order valence-electron chi connectivity index (χ4n) is 1.11. The first kappa shape index (κ1) is 14.1. The van der Waals surface area contributed by atoms with Gasteiger partial charge in [-0.1, -0.05) is 29.5 Å². The maximum atomic E-state index is 11.1. The first-order valence-electron chi connectivity index (χ1n) is 5.33. The molecule has 1 aromatic carbocycles. The molecule has 0 atom stereocenters. The van der Waals surface area contributed by atoms with Gasteiger partial charge < -0.3 is 10.1 Å². The Bertz CT molecular complexity index is 502. The van der Waals surface area contributed by atoms with Crippen LogP contribution in [0.2, 0.25) is 5.02 Å². The number of carbonyl (C=O) groups is 2. The van der Waals surface area contributed by atoms with E-state index in [2.05, 4.69) is 21.9 Å². The Labute approximate surface area is 110 Å². The molecule has 0 heterocycles. The van der Waals surface area contributed by atoms with Gasteiger partial charge in [0.15, 0.2) is 0 Å². The van der Waals surface area contributed by atoms with Crippen LogP contribution in [0, 0.1) is 11.8 Å². The van der Waals surface area contributed by atoms with Crippen molar-refractivity contribution in [1.29, 1.82) is 0 Å². The SMILES string of the molecule is CCOC(=O)C(=O)NCC#Cc1cccc(Cl)c1. The number of amides is 1. The summed E-state index contributed by atoms with van der Waals surface area (Å²) in [6.07, 6.45) is 0. The topological polar surface area (TPSA) is 55.4 Å². The molecule has 18 heavy (non-hydrogen) atoms. The number of carbonyl (C=O) groups excluding carboxylic acids is 2. The van der Waals surface area contributed by atoms with E-state index in [9.17, 15) is 9.59 Å². The number of esters is 1. The number of rotatable bonds is 2. The van der Waals surface area contributed by atoms with Crippen LogP contribution in [0.15, 0.2) is 24.3 Å². The van der Waals surface area contributed by atoms with Gasteiger partial charge in [-0.3, -0.25) is 4.79 Å². The standard InChI is InChI=1S/C13H12ClNO3/c1-2-18-13(17)12(16)15-8-4-6-10-5-3-7-11(14)9-10/h3,5,7,9H,2,8H2,1H3,(H,15,16). The Morgan fingerprint density at radius 1 is 1.44 bits per heavy atom. The van der Waals surface area contributed by atoms with E-state index in [4.69, 9.17) is 11.6 Å². The number of benzene rings is 1. The zero-order chi connectivity index (χ0) is 13.4. The molecule has 0 aliphatic rings. The molecule has 5 heteroatoms. The maximum absolute atomic E-state index is 11.1. The van der Waals surface area contributed by atoms with Crippen molar-refractivity contribution in [2.45, 2.75) is 6.92 Å². The number of halogens is 1. The first-order chi connectivity index (χ1) is 8.63. The van der Waals surface area contributed by atoms with Crippen LogP contribution < -0.4 is 5.32 Å². The minimum atomic E-state index is -0.901. The third-order valence-electron chi connectivity index (χ3n) is 1.86. The summed E-state index contributed by atoms with van der Waals surface area (Å²) >= 11 is 5.79. The smallest absolute Gasteiger partial charge is 0.396 e. The molecule has 0 aliphatic heterocycles. The summed E-state index contributed by atoms with van der Waals surface area (Å²) in [5.41, 5.74) is 0.743. The third-order valence-corrected chi connectivity index (χ3v) is 2.09. The second-order valence-corrected chi connectivity index (χ2v) is 3.65. The summed E-state index contributed by atoms with van der Waals surface area (Å²) in [5.74, 6) is 3.82. The van der Waals surface area contributed by atoms with Gasteiger partial charge in [0.05, 0.1) is 13.2 Å². The van der Waals surface area contributed by atoms with Gasteiger partial charge in [-0.15, -0.1) is 0 Å². The first-order valence-corrected chi connectivity index (χ1v) is 5.70. The lowest BCUT2D eigenvalue weighted by atomic mass is 10.2. The highest BCUT2D eigenvalue weighted by molar-refractivity contribution is 6.32. The number of nitrogens with one attached hydrogen (secondary N) is 1. The molecule has 0 saturated carbocycles. The van der Waals surface area contributed by atoms with Gasteiger partial charge in [0.25, 0.3) is 0 Å². The zero-order valence-corrected chi connectivity index (χ0v) is 10.6. The van der Waals surface area contributed by atoms with Crippen molar-refractivity contribution in [3.63, 3.8) is 0 Å². The normalized spacial score (nSPS) is 9.00. The Hall–Kier alpha value is -1.99. The number of hydrogen-bond acceptors (Lipinski definition) is 3. The second-order valence-electron chi connectivity index (χ2n) is 3.22. The highest BCUT2D eigenvalue weighted by atomic mass is 35.5. The zero-order valence-electron chi connectivity index (χ0n) is 9.83. The van der Waals surface area contributed by atoms with Gasteiger partial charge >= 0.3 is 11.9 Å². The molecule has 94 valence electrons. The van der Waals surface area contributed by atoms with Gasteiger partial charge in [0.2, 0.25) is 0 Å². The van der Waals surface area contributed by atoms with E-state index in [0.717, 1.165) is 5.56 Å². The van der Waals surface area contributed by atoms with Crippen molar-refractivity contribution in [3.05, 3.63) is 34.9 Å². The van der Waals surface area contributed by atoms with Gasteiger partial charge in [-0.2, -0.15) is 0 Å². The molecule has 0 aliphatic carbocycles. The van der Waals surface area contributed by atoms with Crippen LogP contribution in [0.5, 0.6) is 0 Å². The van der Waals surface area contributed by atoms with E-state index in [1.807, 2.05) is 0 Å². The fourth-order valence-corrected chi connectivity index (χ4v) is 1.30. The Morgan fingerprint density at radius 3 is 2.89 bits per heavy atom. The van der Waals surface area contributed by atoms with E-state index >= 15 is 0 Å². The molecule has 1 N–H and O–H groups in total. The average molecular weight is 266 g/mol. The van der Waals surface area contributed by atoms with Gasteiger partial charge in [0.1, 0.15) is 0 Å². The van der Waals surface area contributed by atoms with E-state index in [0.29, 0.717) is 5.02 Å². The average Bonchev–Trinajstić information content (AvgIpc) is 2.35. The van der Waals surface area contributed by atoms with Crippen molar-refractivity contribution in [2.75, 3.05) is 13.2 Å². The summed E-state index contributed by atoms with van der Waals surface area (Å²) in [4.78, 5) is 22.1. The predicted molar refractivity (Wildman–Crippen MR) is 68.0 cm³/mol. The van der Waals surface area contributed by atoms with Crippen molar-refractivity contribution < 1.29 is 14.3 Å². The molecule has 4 nitrogen and oxygen atoms in total. The summed E-state index contributed by atoms with van der Waals surface area (Å²) in [5, 5.41) is 2.93. The van der Waals surface area contributed by atoms with Crippen LogP contribution in [-0.2, 0) is 14.3 Å². The molecule has 0 saturated heterocycles. The predicted octanol–water partition coefficient (Wildman–Crippen LogP) is 1.37. The van der Waals surface area contributed by atoms with Crippen LogP contribution in [0.3, 0.4) is 0 Å². The van der Waals surface area contributed by atoms with Gasteiger partial charge in [0, 0.05) is 10.6 Å². The lowest BCUT2D eigenvalue weighted by Crippen LogP contribution is -2.32. The second kappa shape index (κ2) is 7.36. The van der Waals surface area contributed by atoms with E-state index in [1.165, 1.54) is 0 Å². The van der Waals surface area contributed by atoms with Crippen LogP contribution in [0.4, 0.5) is 0 Å². The lowest BCUT2D eigenvalue weighted by Gasteiger charge is -1.99. The third kappa shape index (κ3) is 4.89. The summed E-state index contributed by atoms with van der Waals surface area (Å²) in [6.45, 7) is 1.87. The molecule has 0 fully saturated rings. The fraction of sp³-hybridized carbons (Fsp3) is 0.231. The Morgan fingerprint density at radius 2 is 2.22 bits per heavy atom. The molecule has 1 rings (SSSR count). The van der Waals surface area contributed by atoms with Crippen LogP contribution in [0.1, 0.15) is 12.5 Å². The molecular weight excluding hydrogens is 254 g/mol. The van der Waals surface area contributed by atoms with Crippen molar-refractivity contribution in [3.8, 4) is 11.8 Å². The molecule has 0 radical (unpaired) electrons. The molecule has 0 bridgehead atoms. The minimum absolute atomic E-state index is 0.0736. The van der Waals surface area contributed by atoms with Crippen LogP contribution >= 0.6 is 11.6 Å². The van der Waals surface area contributed by atoms with Crippen molar-refractivity contribution in [1.82, 2.24) is 5.32 Å². The van der Waals surface area contributed by atoms with Gasteiger partial charge in [-0.05, 0) is 25.1 Å². The molecule has 1 amide bonds. The Kier molecular flexibility index (Phi) is 5.75. The van der Waals surface area contributed by atoms with E-state index < -0.39 is 11.9 Å². The largest absolute Gasteiger partial charge is 0.459 e. The Balaban J connectivity index is 2.43. The monoisotopic (exact) mass is 265 g/mol. The van der Waals surface area contributed by atoms with Crippen LogP contribution in [0.25, 0.3) is 0 Å². The highest BCUT2D eigenvalue weighted by Crippen LogP contribution is 2.08. The maximum Gasteiger partial charge on any atom is 0.396 e. The summed E-state index contributed by atoms with van der Waals surface area (Å²) < 4.78 is 4.52. The molecule has 0 spiro atoms. The molecule has 0 unspecified atom stereocenters. The minimum Gasteiger partial charge on any atom is -0.459 e. The van der Waals surface area contributed by atoms with E-state index in [-0.39, 0.29) is 13.2 Å². The molecule has 1 aromatic rings. The van der Waals surface area contributed by atoms with Crippen molar-refractivity contribution in [2.24, 2.45) is 0 Å². The van der Waals surface area contributed by atoms with E-state index in [1.54, 1.807) is 31.2 Å². The highest BCUT2D eigenvalue weighted by Gasteiger charge is 2.12. The van der Waals surface area contributed by atoms with Crippen LogP contribution in [-0.4, -0.2) is 25.0 Å². The summed E-state index contributed by atoms with van der Waals surface area (Å²) in [7, 11) is 0. The number of hydrogen-bond donors (Lipinski definition) is 1.